The SMILES string of the molecule is CCCc1ccc(-c2ccc(CCC3CC=C(c4ccc(CC)c(F)c4)CC3)c(F)c2F)cc1. The summed E-state index contributed by atoms with van der Waals surface area (Å²) in [5.74, 6) is -1.20. The van der Waals surface area contributed by atoms with Crippen molar-refractivity contribution in [3.63, 3.8) is 0 Å². The van der Waals surface area contributed by atoms with Crippen LogP contribution >= 0.6 is 0 Å². The van der Waals surface area contributed by atoms with Gasteiger partial charge in [-0.15, -0.1) is 0 Å². The van der Waals surface area contributed by atoms with Crippen LogP contribution in [-0.2, 0) is 19.3 Å². The molecule has 1 unspecified atom stereocenters. The monoisotopic (exact) mass is 462 g/mol. The highest BCUT2D eigenvalue weighted by Gasteiger charge is 2.19. The molecule has 1 aliphatic rings. The van der Waals surface area contributed by atoms with Crippen LogP contribution in [0.3, 0.4) is 0 Å². The Hall–Kier alpha value is -2.81. The Morgan fingerprint density at radius 1 is 0.794 bits per heavy atom. The molecule has 0 radical (unpaired) electrons. The molecule has 0 heterocycles. The minimum atomic E-state index is -0.760. The molecule has 3 aromatic rings. The largest absolute Gasteiger partial charge is 0.207 e. The van der Waals surface area contributed by atoms with Gasteiger partial charge in [-0.25, -0.2) is 13.2 Å². The Morgan fingerprint density at radius 2 is 1.53 bits per heavy atom. The topological polar surface area (TPSA) is 0 Å². The molecule has 1 aliphatic carbocycles. The normalized spacial score (nSPS) is 15.9. The maximum absolute atomic E-state index is 14.9. The molecule has 0 nitrogen and oxygen atoms in total. The first-order valence-corrected chi connectivity index (χ1v) is 12.5. The van der Waals surface area contributed by atoms with Crippen molar-refractivity contribution in [1.82, 2.24) is 0 Å². The van der Waals surface area contributed by atoms with Gasteiger partial charge in [-0.1, -0.05) is 74.9 Å². The number of hydrogen-bond acceptors (Lipinski definition) is 0. The number of benzene rings is 3. The van der Waals surface area contributed by atoms with Crippen molar-refractivity contribution in [3.05, 3.63) is 100 Å². The first-order valence-electron chi connectivity index (χ1n) is 12.5. The van der Waals surface area contributed by atoms with E-state index in [0.717, 1.165) is 49.7 Å². The number of aryl methyl sites for hydroxylation is 3. The predicted molar refractivity (Wildman–Crippen MR) is 135 cm³/mol. The van der Waals surface area contributed by atoms with Crippen LogP contribution in [0.25, 0.3) is 16.7 Å². The molecule has 0 spiro atoms. The molecule has 0 amide bonds. The third-order valence-electron chi connectivity index (χ3n) is 7.11. The van der Waals surface area contributed by atoms with Crippen molar-refractivity contribution in [2.45, 2.75) is 65.2 Å². The Kier molecular flexibility index (Phi) is 7.92. The molecule has 0 bridgehead atoms. The van der Waals surface area contributed by atoms with Gasteiger partial charge in [-0.3, -0.25) is 0 Å². The van der Waals surface area contributed by atoms with E-state index in [9.17, 15) is 13.2 Å². The van der Waals surface area contributed by atoms with E-state index < -0.39 is 11.6 Å². The van der Waals surface area contributed by atoms with Crippen LogP contribution in [0.2, 0.25) is 0 Å². The van der Waals surface area contributed by atoms with Crippen LogP contribution in [0, 0.1) is 23.4 Å². The Balaban J connectivity index is 1.38. The van der Waals surface area contributed by atoms with E-state index in [-0.39, 0.29) is 5.82 Å². The van der Waals surface area contributed by atoms with Crippen LogP contribution < -0.4 is 0 Å². The van der Waals surface area contributed by atoms with Gasteiger partial charge in [0.2, 0.25) is 0 Å². The summed E-state index contributed by atoms with van der Waals surface area (Å²) in [5.41, 5.74) is 5.55. The summed E-state index contributed by atoms with van der Waals surface area (Å²) in [6.07, 6.45) is 9.01. The van der Waals surface area contributed by atoms with Crippen LogP contribution in [0.1, 0.15) is 68.2 Å². The van der Waals surface area contributed by atoms with E-state index in [1.807, 2.05) is 43.3 Å². The summed E-state index contributed by atoms with van der Waals surface area (Å²) in [6.45, 7) is 4.08. The van der Waals surface area contributed by atoms with Gasteiger partial charge in [0.05, 0.1) is 0 Å². The van der Waals surface area contributed by atoms with Crippen molar-refractivity contribution in [3.8, 4) is 11.1 Å². The summed E-state index contributed by atoms with van der Waals surface area (Å²) >= 11 is 0. The molecule has 34 heavy (non-hydrogen) atoms. The van der Waals surface area contributed by atoms with Gasteiger partial charge in [0.25, 0.3) is 0 Å². The van der Waals surface area contributed by atoms with Crippen LogP contribution in [0.5, 0.6) is 0 Å². The van der Waals surface area contributed by atoms with Gasteiger partial charge in [0.1, 0.15) is 5.82 Å². The van der Waals surface area contributed by atoms with E-state index in [2.05, 4.69) is 13.0 Å². The van der Waals surface area contributed by atoms with Crippen molar-refractivity contribution in [2.75, 3.05) is 0 Å². The third-order valence-corrected chi connectivity index (χ3v) is 7.11. The van der Waals surface area contributed by atoms with E-state index in [1.165, 1.54) is 11.1 Å². The third kappa shape index (κ3) is 5.46. The van der Waals surface area contributed by atoms with E-state index in [0.29, 0.717) is 35.4 Å². The Labute approximate surface area is 201 Å². The van der Waals surface area contributed by atoms with Gasteiger partial charge < -0.3 is 0 Å². The van der Waals surface area contributed by atoms with E-state index >= 15 is 0 Å². The average molecular weight is 463 g/mol. The zero-order valence-corrected chi connectivity index (χ0v) is 20.1. The van der Waals surface area contributed by atoms with Gasteiger partial charge >= 0.3 is 0 Å². The number of halogens is 3. The number of allylic oxidation sites excluding steroid dienone is 2. The van der Waals surface area contributed by atoms with Crippen molar-refractivity contribution in [2.24, 2.45) is 5.92 Å². The first-order chi connectivity index (χ1) is 16.5. The minimum Gasteiger partial charge on any atom is -0.207 e. The fraction of sp³-hybridized carbons (Fsp3) is 0.355. The van der Waals surface area contributed by atoms with Gasteiger partial charge in [-0.05, 0) is 90.3 Å². The van der Waals surface area contributed by atoms with Crippen molar-refractivity contribution >= 4 is 5.57 Å². The molecule has 0 N–H and O–H groups in total. The summed E-state index contributed by atoms with van der Waals surface area (Å²) in [5, 5.41) is 0. The second-order valence-electron chi connectivity index (χ2n) is 9.42. The maximum atomic E-state index is 14.9. The summed E-state index contributed by atoms with van der Waals surface area (Å²) in [4.78, 5) is 0. The van der Waals surface area contributed by atoms with Gasteiger partial charge in [0.15, 0.2) is 11.6 Å². The molecule has 178 valence electrons. The van der Waals surface area contributed by atoms with E-state index in [1.54, 1.807) is 18.2 Å². The second-order valence-corrected chi connectivity index (χ2v) is 9.42. The molecule has 1 atom stereocenters. The highest BCUT2D eigenvalue weighted by atomic mass is 19.2. The molecular weight excluding hydrogens is 429 g/mol. The lowest BCUT2D eigenvalue weighted by Crippen LogP contribution is -2.08. The first kappa shape index (κ1) is 24.3. The lowest BCUT2D eigenvalue weighted by molar-refractivity contribution is 0.440. The zero-order chi connectivity index (χ0) is 24.1. The number of hydrogen-bond donors (Lipinski definition) is 0. The minimum absolute atomic E-state index is 0.138. The second kappa shape index (κ2) is 11.1. The quantitative estimate of drug-likeness (QED) is 0.313. The summed E-state index contributed by atoms with van der Waals surface area (Å²) in [7, 11) is 0. The fourth-order valence-corrected chi connectivity index (χ4v) is 4.95. The Bertz CT molecular complexity index is 1160. The molecule has 0 saturated heterocycles. The summed E-state index contributed by atoms with van der Waals surface area (Å²) < 4.78 is 43.9. The molecular formula is C31H33F3. The highest BCUT2D eigenvalue weighted by molar-refractivity contribution is 5.67. The van der Waals surface area contributed by atoms with Crippen LogP contribution in [0.15, 0.2) is 60.7 Å². The lowest BCUT2D eigenvalue weighted by atomic mass is 9.83. The van der Waals surface area contributed by atoms with E-state index in [4.69, 9.17) is 0 Å². The van der Waals surface area contributed by atoms with Gasteiger partial charge in [-0.2, -0.15) is 0 Å². The van der Waals surface area contributed by atoms with Crippen LogP contribution in [-0.4, -0.2) is 0 Å². The predicted octanol–water partition coefficient (Wildman–Crippen LogP) is 9.10. The molecule has 3 heteroatoms. The zero-order valence-electron chi connectivity index (χ0n) is 20.1. The van der Waals surface area contributed by atoms with Crippen molar-refractivity contribution < 1.29 is 13.2 Å². The standard InChI is InChI=1S/C31H33F3/c1-3-5-21-8-13-25(14-9-21)28-19-18-26(30(33)31(28)34)15-10-22-6-11-24(12-7-22)27-17-16-23(4-2)29(32)20-27/h8-9,11,13-14,16-20,22H,3-7,10,12,15H2,1-2H3. The maximum Gasteiger partial charge on any atom is 0.166 e. The molecule has 3 aromatic carbocycles. The highest BCUT2D eigenvalue weighted by Crippen LogP contribution is 2.34. The lowest BCUT2D eigenvalue weighted by Gasteiger charge is -2.22. The number of rotatable bonds is 8. The van der Waals surface area contributed by atoms with Crippen molar-refractivity contribution in [1.29, 1.82) is 0 Å². The Morgan fingerprint density at radius 3 is 2.18 bits per heavy atom. The molecule has 0 aromatic heterocycles. The summed E-state index contributed by atoms with van der Waals surface area (Å²) in [6, 6.07) is 16.7. The van der Waals surface area contributed by atoms with Gasteiger partial charge in [0, 0.05) is 5.56 Å². The fourth-order valence-electron chi connectivity index (χ4n) is 4.95. The molecule has 0 saturated carbocycles. The smallest absolute Gasteiger partial charge is 0.166 e. The molecule has 0 aliphatic heterocycles. The average Bonchev–Trinajstić information content (AvgIpc) is 2.86. The van der Waals surface area contributed by atoms with Crippen LogP contribution in [0.4, 0.5) is 13.2 Å². The molecule has 0 fully saturated rings. The molecule has 4 rings (SSSR count).